The highest BCUT2D eigenvalue weighted by Crippen LogP contribution is 2.20. The van der Waals surface area contributed by atoms with E-state index in [0.29, 0.717) is 31.5 Å². The van der Waals surface area contributed by atoms with E-state index < -0.39 is 10.0 Å². The van der Waals surface area contributed by atoms with E-state index in [2.05, 4.69) is 9.89 Å². The molecule has 2 fully saturated rings. The lowest BCUT2D eigenvalue weighted by Gasteiger charge is -2.37. The summed E-state index contributed by atoms with van der Waals surface area (Å²) in [5.74, 6) is 1.13. The molecule has 0 unspecified atom stereocenters. The maximum Gasteiger partial charge on any atom is 0.213 e. The van der Waals surface area contributed by atoms with E-state index in [1.165, 1.54) is 30.0 Å². The van der Waals surface area contributed by atoms with Crippen LogP contribution in [0.1, 0.15) is 32.6 Å². The number of hydrogen-bond donors (Lipinski definition) is 1. The Morgan fingerprint density at radius 2 is 1.76 bits per heavy atom. The van der Waals surface area contributed by atoms with Crippen molar-refractivity contribution in [2.75, 3.05) is 38.5 Å². The molecule has 0 aliphatic carbocycles. The molecule has 0 spiro atoms. The van der Waals surface area contributed by atoms with Gasteiger partial charge in [0.05, 0.1) is 5.75 Å². The molecule has 0 aromatic heterocycles. The van der Waals surface area contributed by atoms with Crippen molar-refractivity contribution in [2.45, 2.75) is 32.6 Å². The predicted molar refractivity (Wildman–Crippen MR) is 96.5 cm³/mol. The van der Waals surface area contributed by atoms with E-state index in [0.717, 1.165) is 13.1 Å². The van der Waals surface area contributed by atoms with Crippen molar-refractivity contribution in [3.8, 4) is 0 Å². The van der Waals surface area contributed by atoms with Crippen molar-refractivity contribution in [1.29, 1.82) is 0 Å². The second-order valence-electron chi connectivity index (χ2n) is 5.68. The van der Waals surface area contributed by atoms with E-state index in [1.54, 1.807) is 6.92 Å². The van der Waals surface area contributed by atoms with Gasteiger partial charge in [-0.3, -0.25) is 4.99 Å². The molecule has 8 heteroatoms. The lowest BCUT2D eigenvalue weighted by molar-refractivity contribution is 0.207. The van der Waals surface area contributed by atoms with Crippen LogP contribution in [0.2, 0.25) is 0 Å². The first-order valence-electron chi connectivity index (χ1n) is 7.55. The number of nitrogens with two attached hydrogens (primary N) is 1. The highest BCUT2D eigenvalue weighted by molar-refractivity contribution is 14.0. The Hall–Kier alpha value is -0.0900. The van der Waals surface area contributed by atoms with Gasteiger partial charge in [-0.2, -0.15) is 0 Å². The van der Waals surface area contributed by atoms with Crippen molar-refractivity contribution >= 4 is 40.0 Å². The number of sulfonamides is 1. The maximum atomic E-state index is 11.6. The van der Waals surface area contributed by atoms with Crippen LogP contribution in [0.25, 0.3) is 0 Å². The average Bonchev–Trinajstić information content (AvgIpc) is 2.65. The zero-order valence-electron chi connectivity index (χ0n) is 12.7. The fraction of sp³-hybridized carbons (Fsp3) is 0.923. The van der Waals surface area contributed by atoms with Gasteiger partial charge in [-0.05, 0) is 19.8 Å². The number of rotatable bonds is 4. The van der Waals surface area contributed by atoms with E-state index >= 15 is 0 Å². The number of halogens is 1. The molecular formula is C13H27IN4O2S. The van der Waals surface area contributed by atoms with Crippen LogP contribution in [0, 0.1) is 5.92 Å². The number of hydrogen-bond acceptors (Lipinski definition) is 3. The summed E-state index contributed by atoms with van der Waals surface area (Å²) in [4.78, 5) is 6.61. The molecule has 2 aliphatic rings. The summed E-state index contributed by atoms with van der Waals surface area (Å²) in [7, 11) is -3.02. The average molecular weight is 430 g/mol. The van der Waals surface area contributed by atoms with E-state index in [4.69, 9.17) is 5.73 Å². The van der Waals surface area contributed by atoms with Gasteiger partial charge in [0, 0.05) is 38.6 Å². The Morgan fingerprint density at radius 1 is 1.19 bits per heavy atom. The maximum absolute atomic E-state index is 11.6. The predicted octanol–water partition coefficient (Wildman–Crippen LogP) is 1.08. The smallest absolute Gasteiger partial charge is 0.213 e. The summed E-state index contributed by atoms with van der Waals surface area (Å²) in [6.07, 6.45) is 4.91. The highest BCUT2D eigenvalue weighted by atomic mass is 127. The van der Waals surface area contributed by atoms with Gasteiger partial charge in [-0.15, -0.1) is 24.0 Å². The third-order valence-corrected chi connectivity index (χ3v) is 5.94. The van der Waals surface area contributed by atoms with Gasteiger partial charge in [-0.25, -0.2) is 12.7 Å². The van der Waals surface area contributed by atoms with Crippen molar-refractivity contribution in [1.82, 2.24) is 9.21 Å². The molecule has 0 amide bonds. The van der Waals surface area contributed by atoms with Gasteiger partial charge in [0.2, 0.25) is 10.0 Å². The first-order chi connectivity index (χ1) is 9.53. The van der Waals surface area contributed by atoms with Crippen LogP contribution in [0.15, 0.2) is 4.99 Å². The Bertz CT molecular complexity index is 441. The van der Waals surface area contributed by atoms with Crippen LogP contribution >= 0.6 is 24.0 Å². The molecule has 0 saturated carbocycles. The molecule has 2 aliphatic heterocycles. The molecule has 124 valence electrons. The zero-order valence-corrected chi connectivity index (χ0v) is 15.8. The van der Waals surface area contributed by atoms with E-state index in [-0.39, 0.29) is 29.7 Å². The molecule has 2 saturated heterocycles. The van der Waals surface area contributed by atoms with Crippen LogP contribution < -0.4 is 5.73 Å². The van der Waals surface area contributed by atoms with Crippen molar-refractivity contribution in [3.05, 3.63) is 0 Å². The molecule has 0 radical (unpaired) electrons. The normalized spacial score (nSPS) is 22.3. The first kappa shape index (κ1) is 19.0. The molecule has 2 rings (SSSR count). The lowest BCUT2D eigenvalue weighted by atomic mass is 10.0. The third-order valence-electron chi connectivity index (χ3n) is 4.12. The Kier molecular flexibility index (Phi) is 7.69. The molecule has 2 N–H and O–H groups in total. The molecule has 0 aromatic rings. The summed E-state index contributed by atoms with van der Waals surface area (Å²) in [5.41, 5.74) is 6.04. The van der Waals surface area contributed by atoms with E-state index in [1.807, 2.05) is 0 Å². The standard InChI is InChI=1S/C13H26N4O2S.HI/c1-2-20(18,19)17-10-12(11-17)9-15-13(14)16-7-5-3-4-6-8-16;/h12H,2-11H2,1H3,(H2,14,15);1H. The lowest BCUT2D eigenvalue weighted by Crippen LogP contribution is -2.51. The van der Waals surface area contributed by atoms with Gasteiger partial charge in [0.1, 0.15) is 0 Å². The fourth-order valence-electron chi connectivity index (χ4n) is 2.67. The largest absolute Gasteiger partial charge is 0.370 e. The second-order valence-corrected chi connectivity index (χ2v) is 7.94. The zero-order chi connectivity index (χ0) is 14.6. The van der Waals surface area contributed by atoms with Crippen LogP contribution in [0.5, 0.6) is 0 Å². The number of likely N-dealkylation sites (tertiary alicyclic amines) is 1. The van der Waals surface area contributed by atoms with Crippen LogP contribution in [0.4, 0.5) is 0 Å². The molecule has 2 heterocycles. The van der Waals surface area contributed by atoms with Crippen LogP contribution in [-0.2, 0) is 10.0 Å². The van der Waals surface area contributed by atoms with Crippen molar-refractivity contribution in [2.24, 2.45) is 16.6 Å². The molecule has 0 bridgehead atoms. The number of guanidine groups is 1. The van der Waals surface area contributed by atoms with Gasteiger partial charge in [-0.1, -0.05) is 12.8 Å². The molecular weight excluding hydrogens is 403 g/mol. The minimum absolute atomic E-state index is 0. The Labute approximate surface area is 145 Å². The highest BCUT2D eigenvalue weighted by Gasteiger charge is 2.34. The van der Waals surface area contributed by atoms with Crippen LogP contribution in [-0.4, -0.2) is 62.1 Å². The third kappa shape index (κ3) is 5.24. The van der Waals surface area contributed by atoms with Gasteiger partial charge in [0.25, 0.3) is 0 Å². The Morgan fingerprint density at radius 3 is 2.29 bits per heavy atom. The quantitative estimate of drug-likeness (QED) is 0.411. The summed E-state index contributed by atoms with van der Waals surface area (Å²) in [5, 5.41) is 0. The number of nitrogens with zero attached hydrogens (tertiary/aromatic N) is 3. The monoisotopic (exact) mass is 430 g/mol. The molecule has 0 aromatic carbocycles. The first-order valence-corrected chi connectivity index (χ1v) is 9.16. The number of aliphatic imine (C=N–C) groups is 1. The molecule has 21 heavy (non-hydrogen) atoms. The van der Waals surface area contributed by atoms with Gasteiger partial charge in [0.15, 0.2) is 5.96 Å². The van der Waals surface area contributed by atoms with Crippen LogP contribution in [0.3, 0.4) is 0 Å². The minimum atomic E-state index is -3.02. The summed E-state index contributed by atoms with van der Waals surface area (Å²) in [6.45, 7) is 5.49. The van der Waals surface area contributed by atoms with E-state index in [9.17, 15) is 8.42 Å². The summed E-state index contributed by atoms with van der Waals surface area (Å²) >= 11 is 0. The van der Waals surface area contributed by atoms with Crippen molar-refractivity contribution < 1.29 is 8.42 Å². The van der Waals surface area contributed by atoms with Gasteiger partial charge < -0.3 is 10.6 Å². The minimum Gasteiger partial charge on any atom is -0.370 e. The Balaban J connectivity index is 0.00000220. The summed E-state index contributed by atoms with van der Waals surface area (Å²) in [6, 6.07) is 0. The second kappa shape index (κ2) is 8.52. The SMILES string of the molecule is CCS(=O)(=O)N1CC(CN=C(N)N2CCCCCC2)C1.I. The fourth-order valence-corrected chi connectivity index (χ4v) is 3.91. The summed E-state index contributed by atoms with van der Waals surface area (Å²) < 4.78 is 24.8. The molecule has 6 nitrogen and oxygen atoms in total. The van der Waals surface area contributed by atoms with Gasteiger partial charge >= 0.3 is 0 Å². The topological polar surface area (TPSA) is 79.0 Å². The molecule has 0 atom stereocenters. The van der Waals surface area contributed by atoms with Crippen molar-refractivity contribution in [3.63, 3.8) is 0 Å².